The molecule has 0 fully saturated rings. The molecule has 7 nitrogen and oxygen atoms in total. The third-order valence-corrected chi connectivity index (χ3v) is 5.67. The summed E-state index contributed by atoms with van der Waals surface area (Å²) in [7, 11) is 1.51. The van der Waals surface area contributed by atoms with Crippen LogP contribution < -0.4 is 10.1 Å². The quantitative estimate of drug-likeness (QED) is 0.400. The maximum absolute atomic E-state index is 12.5. The summed E-state index contributed by atoms with van der Waals surface area (Å²) >= 11 is 1.44. The van der Waals surface area contributed by atoms with Crippen molar-refractivity contribution in [2.45, 2.75) is 10.6 Å². The fraction of sp³-hybridized carbons (Fsp3) is 0.120. The standard InChI is InChI=1S/C25H20N2O5S/c1-31-20-12-10-19(11-13-20)24(29)27-23(28)15-32-25(30)21-4-2-3-5-22(21)33-16-18-8-6-17(14-26)7-9-18/h2-13H,15-16H2,1H3,(H,27,28,29). The van der Waals surface area contributed by atoms with E-state index in [0.717, 1.165) is 5.56 Å². The molecule has 0 radical (unpaired) electrons. The Labute approximate surface area is 195 Å². The van der Waals surface area contributed by atoms with Crippen molar-refractivity contribution in [3.05, 3.63) is 95.1 Å². The van der Waals surface area contributed by atoms with Crippen LogP contribution in [-0.4, -0.2) is 31.5 Å². The number of amides is 2. The monoisotopic (exact) mass is 460 g/mol. The van der Waals surface area contributed by atoms with E-state index in [1.165, 1.54) is 31.0 Å². The number of nitrogens with zero attached hydrogens (tertiary/aromatic N) is 1. The van der Waals surface area contributed by atoms with E-state index < -0.39 is 24.4 Å². The van der Waals surface area contributed by atoms with Crippen molar-refractivity contribution in [2.75, 3.05) is 13.7 Å². The molecule has 3 aromatic rings. The summed E-state index contributed by atoms with van der Waals surface area (Å²) in [6.45, 7) is -0.588. The maximum Gasteiger partial charge on any atom is 0.339 e. The molecule has 3 aromatic carbocycles. The van der Waals surface area contributed by atoms with Gasteiger partial charge in [-0.1, -0.05) is 24.3 Å². The van der Waals surface area contributed by atoms with Crippen LogP contribution in [0.3, 0.4) is 0 Å². The fourth-order valence-corrected chi connectivity index (χ4v) is 3.78. The number of ether oxygens (including phenoxy) is 2. The highest BCUT2D eigenvalue weighted by Crippen LogP contribution is 2.27. The zero-order valence-electron chi connectivity index (χ0n) is 17.7. The maximum atomic E-state index is 12.5. The smallest absolute Gasteiger partial charge is 0.339 e. The predicted molar refractivity (Wildman–Crippen MR) is 123 cm³/mol. The van der Waals surface area contributed by atoms with Gasteiger partial charge in [0.15, 0.2) is 6.61 Å². The van der Waals surface area contributed by atoms with Gasteiger partial charge < -0.3 is 9.47 Å². The molecule has 166 valence electrons. The molecular formula is C25H20N2O5S. The van der Waals surface area contributed by atoms with E-state index in [-0.39, 0.29) is 5.56 Å². The highest BCUT2D eigenvalue weighted by atomic mass is 32.2. The Hall–Kier alpha value is -4.09. The number of thioether (sulfide) groups is 1. The number of carbonyl (C=O) groups is 3. The average molecular weight is 461 g/mol. The molecule has 0 saturated carbocycles. The van der Waals surface area contributed by atoms with E-state index in [1.54, 1.807) is 48.5 Å². The van der Waals surface area contributed by atoms with Crippen molar-refractivity contribution in [3.63, 3.8) is 0 Å². The molecule has 0 aliphatic heterocycles. The first kappa shape index (κ1) is 23.6. The first-order valence-corrected chi connectivity index (χ1v) is 10.8. The van der Waals surface area contributed by atoms with Crippen molar-refractivity contribution in [1.82, 2.24) is 5.32 Å². The second-order valence-electron chi connectivity index (χ2n) is 6.78. The summed E-state index contributed by atoms with van der Waals surface area (Å²) in [5, 5.41) is 11.1. The van der Waals surface area contributed by atoms with Gasteiger partial charge in [-0.2, -0.15) is 5.26 Å². The molecule has 0 unspecified atom stereocenters. The lowest BCUT2D eigenvalue weighted by Gasteiger charge is -2.10. The number of rotatable bonds is 8. The Kier molecular flexibility index (Phi) is 8.22. The molecule has 0 aliphatic carbocycles. The van der Waals surface area contributed by atoms with Gasteiger partial charge in [0.2, 0.25) is 0 Å². The largest absolute Gasteiger partial charge is 0.497 e. The van der Waals surface area contributed by atoms with Gasteiger partial charge >= 0.3 is 5.97 Å². The lowest BCUT2D eigenvalue weighted by atomic mass is 10.2. The van der Waals surface area contributed by atoms with Crippen LogP contribution >= 0.6 is 11.8 Å². The van der Waals surface area contributed by atoms with Crippen molar-refractivity contribution in [2.24, 2.45) is 0 Å². The van der Waals surface area contributed by atoms with E-state index in [2.05, 4.69) is 11.4 Å². The highest BCUT2D eigenvalue weighted by Gasteiger charge is 2.16. The second-order valence-corrected chi connectivity index (χ2v) is 7.79. The molecule has 0 spiro atoms. The number of imide groups is 1. The number of carbonyl (C=O) groups excluding carboxylic acids is 3. The molecule has 3 rings (SSSR count). The van der Waals surface area contributed by atoms with Gasteiger partial charge in [0.1, 0.15) is 5.75 Å². The summed E-state index contributed by atoms with van der Waals surface area (Å²) in [6.07, 6.45) is 0. The number of benzene rings is 3. The molecule has 1 N–H and O–H groups in total. The SMILES string of the molecule is COc1ccc(C(=O)NC(=O)COC(=O)c2ccccc2SCc2ccc(C#N)cc2)cc1. The molecular weight excluding hydrogens is 440 g/mol. The topological polar surface area (TPSA) is 105 Å². The van der Waals surface area contributed by atoms with Crippen LogP contribution in [0.4, 0.5) is 0 Å². The first-order chi connectivity index (χ1) is 16.0. The van der Waals surface area contributed by atoms with Gasteiger partial charge in [0.25, 0.3) is 11.8 Å². The van der Waals surface area contributed by atoms with Gasteiger partial charge in [0.05, 0.1) is 24.3 Å². The van der Waals surface area contributed by atoms with E-state index in [1.807, 2.05) is 12.1 Å². The molecule has 33 heavy (non-hydrogen) atoms. The normalized spacial score (nSPS) is 10.1. The number of nitrogens with one attached hydrogen (secondary N) is 1. The number of nitriles is 1. The molecule has 0 aliphatic rings. The van der Waals surface area contributed by atoms with E-state index in [0.29, 0.717) is 27.5 Å². The number of hydrogen-bond donors (Lipinski definition) is 1. The predicted octanol–water partition coefficient (Wildman–Crippen LogP) is 3.97. The zero-order valence-corrected chi connectivity index (χ0v) is 18.6. The molecule has 8 heteroatoms. The van der Waals surface area contributed by atoms with E-state index in [9.17, 15) is 14.4 Å². The molecule has 0 aromatic heterocycles. The third-order valence-electron chi connectivity index (χ3n) is 4.52. The van der Waals surface area contributed by atoms with Gasteiger partial charge in [-0.25, -0.2) is 4.79 Å². The Balaban J connectivity index is 1.54. The lowest BCUT2D eigenvalue weighted by Crippen LogP contribution is -2.34. The Morgan fingerprint density at radius 1 is 0.970 bits per heavy atom. The van der Waals surface area contributed by atoms with Crippen LogP contribution in [0.1, 0.15) is 31.8 Å². The average Bonchev–Trinajstić information content (AvgIpc) is 2.86. The van der Waals surface area contributed by atoms with Crippen LogP contribution in [0.2, 0.25) is 0 Å². The third kappa shape index (κ3) is 6.69. The van der Waals surface area contributed by atoms with Gasteiger partial charge in [-0.05, 0) is 54.1 Å². The fourth-order valence-electron chi connectivity index (χ4n) is 2.78. The molecule has 0 saturated heterocycles. The lowest BCUT2D eigenvalue weighted by molar-refractivity contribution is -0.123. The van der Waals surface area contributed by atoms with Crippen molar-refractivity contribution in [3.8, 4) is 11.8 Å². The summed E-state index contributed by atoms with van der Waals surface area (Å²) in [5.74, 6) is -0.816. The summed E-state index contributed by atoms with van der Waals surface area (Å²) in [6, 6.07) is 22.4. The van der Waals surface area contributed by atoms with Crippen LogP contribution in [0.5, 0.6) is 5.75 Å². The first-order valence-electron chi connectivity index (χ1n) is 9.86. The molecule has 0 heterocycles. The van der Waals surface area contributed by atoms with Gasteiger partial charge in [0, 0.05) is 16.2 Å². The Bertz CT molecular complexity index is 1180. The van der Waals surface area contributed by atoms with Crippen molar-refractivity contribution in [1.29, 1.82) is 5.26 Å². The number of esters is 1. The van der Waals surface area contributed by atoms with Crippen LogP contribution in [0.25, 0.3) is 0 Å². The highest BCUT2D eigenvalue weighted by molar-refractivity contribution is 7.98. The van der Waals surface area contributed by atoms with Gasteiger partial charge in [-0.3, -0.25) is 14.9 Å². The Morgan fingerprint density at radius 2 is 1.67 bits per heavy atom. The minimum atomic E-state index is -0.730. The molecule has 2 amide bonds. The summed E-state index contributed by atoms with van der Waals surface area (Å²) in [5.41, 5.74) is 2.18. The minimum Gasteiger partial charge on any atom is -0.497 e. The van der Waals surface area contributed by atoms with Crippen LogP contribution in [-0.2, 0) is 15.3 Å². The summed E-state index contributed by atoms with van der Waals surface area (Å²) < 4.78 is 10.1. The van der Waals surface area contributed by atoms with Crippen molar-refractivity contribution < 1.29 is 23.9 Å². The van der Waals surface area contributed by atoms with Crippen LogP contribution in [0.15, 0.2) is 77.7 Å². The number of hydrogen-bond acceptors (Lipinski definition) is 7. The van der Waals surface area contributed by atoms with E-state index in [4.69, 9.17) is 14.7 Å². The van der Waals surface area contributed by atoms with E-state index >= 15 is 0 Å². The molecule has 0 atom stereocenters. The second kappa shape index (κ2) is 11.5. The van der Waals surface area contributed by atoms with Crippen molar-refractivity contribution >= 4 is 29.5 Å². The summed E-state index contributed by atoms with van der Waals surface area (Å²) in [4.78, 5) is 37.5. The molecule has 0 bridgehead atoms. The minimum absolute atomic E-state index is 0.278. The van der Waals surface area contributed by atoms with Crippen LogP contribution in [0, 0.1) is 11.3 Å². The number of methoxy groups -OCH3 is 1. The van der Waals surface area contributed by atoms with Gasteiger partial charge in [-0.15, -0.1) is 11.8 Å². The Morgan fingerprint density at radius 3 is 2.33 bits per heavy atom. The zero-order chi connectivity index (χ0) is 23.6.